The fraction of sp³-hybridized carbons (Fsp3) is 0.0612. The zero-order chi connectivity index (χ0) is 33.6. The Balaban J connectivity index is 1.06. The molecule has 0 N–H and O–H groups in total. The Morgan fingerprint density at radius 3 is 2.14 bits per heavy atom. The minimum Gasteiger partial charge on any atom is -0.333 e. The van der Waals surface area contributed by atoms with Crippen LogP contribution in [0.4, 0.5) is 11.4 Å². The van der Waals surface area contributed by atoms with Gasteiger partial charge in [0.05, 0.1) is 6.04 Å². The fourth-order valence-electron chi connectivity index (χ4n) is 8.01. The molecule has 0 spiro atoms. The van der Waals surface area contributed by atoms with Gasteiger partial charge in [-0.3, -0.25) is 0 Å². The van der Waals surface area contributed by atoms with Crippen LogP contribution in [0.25, 0.3) is 44.2 Å². The zero-order valence-corrected chi connectivity index (χ0v) is 28.1. The van der Waals surface area contributed by atoms with Gasteiger partial charge in [-0.25, -0.2) is 0 Å². The average Bonchev–Trinajstić information content (AvgIpc) is 3.51. The van der Waals surface area contributed by atoms with Gasteiger partial charge in [0.2, 0.25) is 0 Å². The van der Waals surface area contributed by atoms with E-state index in [0.29, 0.717) is 5.92 Å². The van der Waals surface area contributed by atoms with E-state index in [1.807, 2.05) is 0 Å². The predicted molar refractivity (Wildman–Crippen MR) is 213 cm³/mol. The molecule has 1 aliphatic carbocycles. The van der Waals surface area contributed by atoms with E-state index in [9.17, 15) is 0 Å². The zero-order valence-electron chi connectivity index (χ0n) is 28.1. The molecule has 7 aromatic carbocycles. The molecular formula is C49H37N. The maximum absolute atomic E-state index is 4.67. The number of fused-ring (bicyclic) bond motifs is 4. The van der Waals surface area contributed by atoms with Gasteiger partial charge in [0.1, 0.15) is 0 Å². The van der Waals surface area contributed by atoms with Crippen LogP contribution < -0.4 is 4.90 Å². The SMILES string of the molecule is C=C(c1ccc(-c2ccc(C3=CC4c5ccccc5N(c5ccccc5)C4C=C3)cc2)cc1-c1ccccc1C)c1cccc2ccccc12. The first kappa shape index (κ1) is 29.9. The van der Waals surface area contributed by atoms with Gasteiger partial charge >= 0.3 is 0 Å². The highest BCUT2D eigenvalue weighted by atomic mass is 15.2. The minimum absolute atomic E-state index is 0.264. The average molecular weight is 640 g/mol. The summed E-state index contributed by atoms with van der Waals surface area (Å²) >= 11 is 0. The summed E-state index contributed by atoms with van der Waals surface area (Å²) in [5, 5.41) is 2.45. The lowest BCUT2D eigenvalue weighted by atomic mass is 9.85. The van der Waals surface area contributed by atoms with E-state index in [0.717, 1.165) is 11.1 Å². The first-order valence-electron chi connectivity index (χ1n) is 17.5. The second-order valence-corrected chi connectivity index (χ2v) is 13.4. The topological polar surface area (TPSA) is 3.24 Å². The smallest absolute Gasteiger partial charge is 0.0630 e. The number of allylic oxidation sites excluding steroid dienone is 2. The van der Waals surface area contributed by atoms with Crippen molar-refractivity contribution < 1.29 is 0 Å². The van der Waals surface area contributed by atoms with E-state index in [1.54, 1.807) is 0 Å². The lowest BCUT2D eigenvalue weighted by Crippen LogP contribution is -2.28. The number of hydrogen-bond donors (Lipinski definition) is 0. The number of para-hydroxylation sites is 2. The van der Waals surface area contributed by atoms with Crippen LogP contribution in [0.2, 0.25) is 0 Å². The van der Waals surface area contributed by atoms with Gasteiger partial charge in [0.25, 0.3) is 0 Å². The van der Waals surface area contributed by atoms with Crippen LogP contribution in [0.3, 0.4) is 0 Å². The molecule has 7 aromatic rings. The van der Waals surface area contributed by atoms with Crippen molar-refractivity contribution in [2.24, 2.45) is 0 Å². The van der Waals surface area contributed by atoms with Crippen molar-refractivity contribution in [2.45, 2.75) is 18.9 Å². The van der Waals surface area contributed by atoms with Crippen LogP contribution >= 0.6 is 0 Å². The Kier molecular flexibility index (Phi) is 7.40. The quantitative estimate of drug-likeness (QED) is 0.175. The molecule has 0 saturated heterocycles. The highest BCUT2D eigenvalue weighted by molar-refractivity contribution is 6.00. The van der Waals surface area contributed by atoms with Crippen molar-refractivity contribution in [1.82, 2.24) is 0 Å². The van der Waals surface area contributed by atoms with Crippen molar-refractivity contribution in [3.63, 3.8) is 0 Å². The molecule has 1 aliphatic heterocycles. The number of hydrogen-bond acceptors (Lipinski definition) is 1. The molecule has 9 rings (SSSR count). The van der Waals surface area contributed by atoms with Crippen LogP contribution in [0, 0.1) is 6.92 Å². The first-order chi connectivity index (χ1) is 24.6. The summed E-state index contributed by atoms with van der Waals surface area (Å²) in [5.74, 6) is 0.296. The third kappa shape index (κ3) is 5.11. The largest absolute Gasteiger partial charge is 0.333 e. The second kappa shape index (κ2) is 12.4. The molecular weight excluding hydrogens is 603 g/mol. The van der Waals surface area contributed by atoms with Gasteiger partial charge in [0.15, 0.2) is 0 Å². The predicted octanol–water partition coefficient (Wildman–Crippen LogP) is 12.8. The third-order valence-electron chi connectivity index (χ3n) is 10.5. The number of aryl methyl sites for hydroxylation is 1. The van der Waals surface area contributed by atoms with Gasteiger partial charge < -0.3 is 4.90 Å². The molecule has 2 atom stereocenters. The molecule has 0 amide bonds. The number of benzene rings is 7. The molecule has 0 radical (unpaired) electrons. The summed E-state index contributed by atoms with van der Waals surface area (Å²) in [4.78, 5) is 2.48. The fourth-order valence-corrected chi connectivity index (χ4v) is 8.01. The van der Waals surface area contributed by atoms with Gasteiger partial charge in [0, 0.05) is 17.3 Å². The minimum atomic E-state index is 0.264. The molecule has 50 heavy (non-hydrogen) atoms. The van der Waals surface area contributed by atoms with Gasteiger partial charge in [-0.2, -0.15) is 0 Å². The van der Waals surface area contributed by atoms with Crippen molar-refractivity contribution in [2.75, 3.05) is 4.90 Å². The Morgan fingerprint density at radius 1 is 0.580 bits per heavy atom. The van der Waals surface area contributed by atoms with Crippen molar-refractivity contribution in [1.29, 1.82) is 0 Å². The summed E-state index contributed by atoms with van der Waals surface area (Å²) in [6, 6.07) is 59.6. The molecule has 0 aromatic heterocycles. The van der Waals surface area contributed by atoms with E-state index in [1.165, 1.54) is 72.2 Å². The molecule has 0 bridgehead atoms. The third-order valence-corrected chi connectivity index (χ3v) is 10.5. The maximum atomic E-state index is 4.67. The molecule has 1 nitrogen and oxygen atoms in total. The monoisotopic (exact) mass is 639 g/mol. The Labute approximate surface area is 294 Å². The van der Waals surface area contributed by atoms with Crippen LogP contribution in [0.5, 0.6) is 0 Å². The summed E-state index contributed by atoms with van der Waals surface area (Å²) < 4.78 is 0. The first-order valence-corrected chi connectivity index (χ1v) is 17.5. The number of nitrogens with zero attached hydrogens (tertiary/aromatic N) is 1. The summed E-state index contributed by atoms with van der Waals surface area (Å²) in [5.41, 5.74) is 15.9. The van der Waals surface area contributed by atoms with E-state index < -0.39 is 0 Å². The Morgan fingerprint density at radius 2 is 1.28 bits per heavy atom. The van der Waals surface area contributed by atoms with E-state index in [2.05, 4.69) is 200 Å². The molecule has 2 aliphatic rings. The van der Waals surface area contributed by atoms with Gasteiger partial charge in [-0.05, 0) is 103 Å². The normalized spacial score (nSPS) is 16.2. The van der Waals surface area contributed by atoms with Crippen molar-refractivity contribution in [3.05, 3.63) is 216 Å². The lowest BCUT2D eigenvalue weighted by molar-refractivity contribution is 0.747. The van der Waals surface area contributed by atoms with Crippen LogP contribution in [-0.2, 0) is 0 Å². The van der Waals surface area contributed by atoms with Gasteiger partial charge in [-0.15, -0.1) is 0 Å². The molecule has 0 saturated carbocycles. The molecule has 1 heterocycles. The Hall–Kier alpha value is -6.18. The summed E-state index contributed by atoms with van der Waals surface area (Å²) in [6.07, 6.45) is 7.16. The van der Waals surface area contributed by atoms with Crippen LogP contribution in [0.1, 0.15) is 33.7 Å². The standard InChI is InChI=1S/C49H37N/c1-33-13-6-8-18-41(33)46-31-38(27-29-43(46)34(2)42-21-12-15-37-14-7-9-19-44(37)42)35-23-25-36(26-24-35)39-28-30-49-47(32-39)45-20-10-11-22-48(45)50(49)40-16-4-3-5-17-40/h3-32,47,49H,2H2,1H3. The maximum Gasteiger partial charge on any atom is 0.0630 e. The summed E-state index contributed by atoms with van der Waals surface area (Å²) in [7, 11) is 0. The van der Waals surface area contributed by atoms with E-state index in [-0.39, 0.29) is 6.04 Å². The summed E-state index contributed by atoms with van der Waals surface area (Å²) in [6.45, 7) is 6.86. The van der Waals surface area contributed by atoms with Crippen LogP contribution in [-0.4, -0.2) is 6.04 Å². The van der Waals surface area contributed by atoms with E-state index >= 15 is 0 Å². The lowest BCUT2D eigenvalue weighted by Gasteiger charge is -2.29. The molecule has 1 heteroatoms. The highest BCUT2D eigenvalue weighted by Gasteiger charge is 2.38. The van der Waals surface area contributed by atoms with E-state index in [4.69, 9.17) is 0 Å². The molecule has 238 valence electrons. The Bertz CT molecular complexity index is 2460. The number of anilines is 2. The number of rotatable bonds is 6. The second-order valence-electron chi connectivity index (χ2n) is 13.4. The van der Waals surface area contributed by atoms with Crippen molar-refractivity contribution >= 4 is 33.3 Å². The van der Waals surface area contributed by atoms with Crippen LogP contribution in [0.15, 0.2) is 189 Å². The molecule has 0 fully saturated rings. The van der Waals surface area contributed by atoms with Crippen molar-refractivity contribution in [3.8, 4) is 22.3 Å². The van der Waals surface area contributed by atoms with Gasteiger partial charge in [-0.1, -0.05) is 164 Å². The molecule has 2 unspecified atom stereocenters. The highest BCUT2D eigenvalue weighted by Crippen LogP contribution is 2.49.